The van der Waals surface area contributed by atoms with Crippen molar-refractivity contribution in [1.82, 2.24) is 4.90 Å². The van der Waals surface area contributed by atoms with Crippen LogP contribution >= 0.6 is 11.6 Å². The van der Waals surface area contributed by atoms with Crippen molar-refractivity contribution in [2.75, 3.05) is 38.2 Å². The summed E-state index contributed by atoms with van der Waals surface area (Å²) in [7, 11) is 0. The number of benzene rings is 2. The first-order valence-corrected chi connectivity index (χ1v) is 8.65. The minimum atomic E-state index is -0.285. The van der Waals surface area contributed by atoms with E-state index < -0.39 is 0 Å². The van der Waals surface area contributed by atoms with Crippen LogP contribution in [0, 0.1) is 0 Å². The van der Waals surface area contributed by atoms with Gasteiger partial charge in [-0.25, -0.2) is 0 Å². The topological polar surface area (TPSA) is 67.9 Å². The first kappa shape index (κ1) is 18.2. The Bertz CT molecular complexity index is 756. The highest BCUT2D eigenvalue weighted by Gasteiger charge is 2.18. The van der Waals surface area contributed by atoms with Crippen LogP contribution < -0.4 is 10.1 Å². The Hall–Kier alpha value is -2.57. The minimum absolute atomic E-state index is 0.0303. The van der Waals surface area contributed by atoms with Crippen molar-refractivity contribution in [3.63, 3.8) is 0 Å². The standard InChI is InChI=1S/C19H19ClN2O4/c20-15-3-7-17(8-4-15)26-13-18(23)21-16-5-1-14(2-6-16)19(24)22-9-11-25-12-10-22/h1-8H,9-13H2,(H,21,23). The predicted molar refractivity (Wildman–Crippen MR) is 98.7 cm³/mol. The Morgan fingerprint density at radius 2 is 1.69 bits per heavy atom. The van der Waals surface area contributed by atoms with Gasteiger partial charge >= 0.3 is 0 Å². The summed E-state index contributed by atoms with van der Waals surface area (Å²) in [5.41, 5.74) is 1.19. The fraction of sp³-hybridized carbons (Fsp3) is 0.263. The van der Waals surface area contributed by atoms with E-state index in [9.17, 15) is 9.59 Å². The molecule has 1 aliphatic heterocycles. The molecule has 1 fully saturated rings. The lowest BCUT2D eigenvalue weighted by atomic mass is 10.1. The number of hydrogen-bond acceptors (Lipinski definition) is 4. The van der Waals surface area contributed by atoms with Crippen LogP contribution in [0.2, 0.25) is 5.02 Å². The molecule has 0 bridgehead atoms. The van der Waals surface area contributed by atoms with E-state index in [2.05, 4.69) is 5.32 Å². The molecule has 1 N–H and O–H groups in total. The van der Waals surface area contributed by atoms with Gasteiger partial charge in [0.15, 0.2) is 6.61 Å². The third-order valence-electron chi connectivity index (χ3n) is 3.90. The number of rotatable bonds is 5. The van der Waals surface area contributed by atoms with Crippen LogP contribution in [0.1, 0.15) is 10.4 Å². The molecule has 2 amide bonds. The molecule has 1 aliphatic rings. The zero-order valence-electron chi connectivity index (χ0n) is 14.1. The lowest BCUT2D eigenvalue weighted by Crippen LogP contribution is -2.40. The summed E-state index contributed by atoms with van der Waals surface area (Å²) in [6.07, 6.45) is 0. The maximum Gasteiger partial charge on any atom is 0.262 e. The number of amides is 2. The average molecular weight is 375 g/mol. The smallest absolute Gasteiger partial charge is 0.262 e. The molecular weight excluding hydrogens is 356 g/mol. The largest absolute Gasteiger partial charge is 0.484 e. The van der Waals surface area contributed by atoms with Crippen LogP contribution in [-0.4, -0.2) is 49.6 Å². The quantitative estimate of drug-likeness (QED) is 0.873. The molecule has 2 aromatic rings. The molecule has 0 aromatic heterocycles. The molecule has 7 heteroatoms. The van der Waals surface area contributed by atoms with Crippen molar-refractivity contribution < 1.29 is 19.1 Å². The van der Waals surface area contributed by atoms with Crippen molar-refractivity contribution >= 4 is 29.1 Å². The van der Waals surface area contributed by atoms with Crippen LogP contribution in [0.15, 0.2) is 48.5 Å². The Kier molecular flexibility index (Phi) is 6.09. The number of nitrogens with zero attached hydrogens (tertiary/aromatic N) is 1. The Balaban J connectivity index is 1.50. The van der Waals surface area contributed by atoms with E-state index >= 15 is 0 Å². The molecule has 6 nitrogen and oxygen atoms in total. The van der Waals surface area contributed by atoms with E-state index in [0.29, 0.717) is 48.3 Å². The summed E-state index contributed by atoms with van der Waals surface area (Å²) in [5, 5.41) is 3.34. The van der Waals surface area contributed by atoms with Gasteiger partial charge in [0.05, 0.1) is 13.2 Å². The van der Waals surface area contributed by atoms with Crippen LogP contribution in [0.3, 0.4) is 0 Å². The molecule has 0 aliphatic carbocycles. The zero-order valence-corrected chi connectivity index (χ0v) is 14.9. The summed E-state index contributed by atoms with van der Waals surface area (Å²) in [6.45, 7) is 2.20. The van der Waals surface area contributed by atoms with E-state index in [4.69, 9.17) is 21.1 Å². The monoisotopic (exact) mass is 374 g/mol. The van der Waals surface area contributed by atoms with Gasteiger partial charge in [-0.15, -0.1) is 0 Å². The van der Waals surface area contributed by atoms with Crippen LogP contribution in [0.4, 0.5) is 5.69 Å². The van der Waals surface area contributed by atoms with Gasteiger partial charge in [-0.05, 0) is 48.5 Å². The lowest BCUT2D eigenvalue weighted by Gasteiger charge is -2.26. The molecule has 0 atom stereocenters. The molecule has 2 aromatic carbocycles. The highest BCUT2D eigenvalue weighted by atomic mass is 35.5. The maximum atomic E-state index is 12.4. The SMILES string of the molecule is O=C(COc1ccc(Cl)cc1)Nc1ccc(C(=O)N2CCOCC2)cc1. The third kappa shape index (κ3) is 4.97. The molecule has 0 radical (unpaired) electrons. The van der Waals surface area contributed by atoms with Crippen LogP contribution in [0.25, 0.3) is 0 Å². The lowest BCUT2D eigenvalue weighted by molar-refractivity contribution is -0.118. The molecule has 3 rings (SSSR count). The first-order valence-electron chi connectivity index (χ1n) is 8.27. The molecule has 1 saturated heterocycles. The van der Waals surface area contributed by atoms with Crippen molar-refractivity contribution in [2.24, 2.45) is 0 Å². The number of ether oxygens (including phenoxy) is 2. The Morgan fingerprint density at radius 3 is 2.35 bits per heavy atom. The van der Waals surface area contributed by atoms with Gasteiger partial charge in [0.2, 0.25) is 0 Å². The van der Waals surface area contributed by atoms with Crippen LogP contribution in [-0.2, 0) is 9.53 Å². The van der Waals surface area contributed by atoms with Crippen LogP contribution in [0.5, 0.6) is 5.75 Å². The Labute approximate surface area is 156 Å². The number of halogens is 1. The molecule has 0 unspecified atom stereocenters. The fourth-order valence-corrected chi connectivity index (χ4v) is 2.65. The van der Waals surface area contributed by atoms with Gasteiger partial charge in [-0.2, -0.15) is 0 Å². The van der Waals surface area contributed by atoms with Crippen molar-refractivity contribution in [3.05, 3.63) is 59.1 Å². The second-order valence-electron chi connectivity index (χ2n) is 5.77. The van der Waals surface area contributed by atoms with E-state index in [1.165, 1.54) is 0 Å². The second-order valence-corrected chi connectivity index (χ2v) is 6.21. The van der Waals surface area contributed by atoms with Gasteiger partial charge in [0, 0.05) is 29.4 Å². The van der Waals surface area contributed by atoms with E-state index in [1.807, 2.05) is 0 Å². The summed E-state index contributed by atoms with van der Waals surface area (Å²) in [6, 6.07) is 13.6. The van der Waals surface area contributed by atoms with Crippen molar-refractivity contribution in [1.29, 1.82) is 0 Å². The molecule has 26 heavy (non-hydrogen) atoms. The average Bonchev–Trinajstić information content (AvgIpc) is 2.68. The van der Waals surface area contributed by atoms with Gasteiger partial charge in [-0.1, -0.05) is 11.6 Å². The van der Waals surface area contributed by atoms with Gasteiger partial charge in [0.25, 0.3) is 11.8 Å². The Morgan fingerprint density at radius 1 is 1.04 bits per heavy atom. The molecule has 136 valence electrons. The van der Waals surface area contributed by atoms with E-state index in [0.717, 1.165) is 0 Å². The van der Waals surface area contributed by atoms with Crippen molar-refractivity contribution in [2.45, 2.75) is 0 Å². The number of hydrogen-bond donors (Lipinski definition) is 1. The highest BCUT2D eigenvalue weighted by molar-refractivity contribution is 6.30. The minimum Gasteiger partial charge on any atom is -0.484 e. The summed E-state index contributed by atoms with van der Waals surface area (Å²) in [5.74, 6) is 0.250. The predicted octanol–water partition coefficient (Wildman–Crippen LogP) is 2.83. The number of morpholine rings is 1. The molecule has 0 saturated carbocycles. The van der Waals surface area contributed by atoms with E-state index in [-0.39, 0.29) is 18.4 Å². The van der Waals surface area contributed by atoms with Gasteiger partial charge in [0.1, 0.15) is 5.75 Å². The number of anilines is 1. The van der Waals surface area contributed by atoms with Gasteiger partial charge in [-0.3, -0.25) is 9.59 Å². The zero-order chi connectivity index (χ0) is 18.4. The number of carbonyl (C=O) groups excluding carboxylic acids is 2. The maximum absolute atomic E-state index is 12.4. The first-order chi connectivity index (χ1) is 12.6. The highest BCUT2D eigenvalue weighted by Crippen LogP contribution is 2.16. The summed E-state index contributed by atoms with van der Waals surface area (Å²) >= 11 is 5.80. The molecular formula is C19H19ClN2O4. The van der Waals surface area contributed by atoms with E-state index in [1.54, 1.807) is 53.4 Å². The number of nitrogens with one attached hydrogen (secondary N) is 1. The van der Waals surface area contributed by atoms with Gasteiger partial charge < -0.3 is 19.7 Å². The summed E-state index contributed by atoms with van der Waals surface area (Å²) < 4.78 is 10.6. The fourth-order valence-electron chi connectivity index (χ4n) is 2.52. The number of carbonyl (C=O) groups is 2. The molecule has 1 heterocycles. The summed E-state index contributed by atoms with van der Waals surface area (Å²) in [4.78, 5) is 26.1. The normalized spacial score (nSPS) is 14.0. The third-order valence-corrected chi connectivity index (χ3v) is 4.15. The second kappa shape index (κ2) is 8.69. The molecule has 0 spiro atoms. The van der Waals surface area contributed by atoms with Crippen molar-refractivity contribution in [3.8, 4) is 5.75 Å².